The molecule has 3 rings (SSSR count). The summed E-state index contributed by atoms with van der Waals surface area (Å²) in [4.78, 5) is 38.1. The minimum Gasteiger partial charge on any atom is -0.505 e. The first-order valence-electron chi connectivity index (χ1n) is 9.88. The third-order valence-corrected chi connectivity index (χ3v) is 5.68. The molecule has 3 aromatic rings. The molecule has 0 radical (unpaired) electrons. The molecule has 1 atom stereocenters. The van der Waals surface area contributed by atoms with E-state index in [1.165, 1.54) is 17.0 Å². The molecule has 0 bridgehead atoms. The topological polar surface area (TPSA) is 112 Å². The molecule has 0 aliphatic heterocycles. The second-order valence-corrected chi connectivity index (χ2v) is 8.17. The number of hydrogen-bond acceptors (Lipinski definition) is 7. The van der Waals surface area contributed by atoms with E-state index in [0.717, 1.165) is 10.2 Å². The normalized spacial score (nSPS) is 12.0. The lowest BCUT2D eigenvalue weighted by Crippen LogP contribution is -2.37. The van der Waals surface area contributed by atoms with Crippen LogP contribution in [0.1, 0.15) is 48.2 Å². The molecule has 0 spiro atoms. The SMILES string of the molecule is CCc1oc(C(CC)Nc2c(Nc3cccc(C(=O)N(C)C)c3O)c(=O)c2=O)cc1Br. The van der Waals surface area contributed by atoms with Crippen LogP contribution in [0.2, 0.25) is 0 Å². The Balaban J connectivity index is 1.90. The third-order valence-electron chi connectivity index (χ3n) is 5.01. The van der Waals surface area contributed by atoms with E-state index in [2.05, 4.69) is 26.6 Å². The summed E-state index contributed by atoms with van der Waals surface area (Å²) < 4.78 is 6.70. The maximum Gasteiger partial charge on any atom is 0.257 e. The van der Waals surface area contributed by atoms with Gasteiger partial charge in [0.15, 0.2) is 5.75 Å². The molecule has 8 nitrogen and oxygen atoms in total. The maximum absolute atomic E-state index is 12.2. The average Bonchev–Trinajstić information content (AvgIpc) is 3.13. The van der Waals surface area contributed by atoms with Gasteiger partial charge in [-0.15, -0.1) is 0 Å². The minimum atomic E-state index is -0.698. The van der Waals surface area contributed by atoms with Crippen molar-refractivity contribution in [2.75, 3.05) is 24.7 Å². The predicted molar refractivity (Wildman–Crippen MR) is 123 cm³/mol. The van der Waals surface area contributed by atoms with Gasteiger partial charge in [-0.05, 0) is 40.5 Å². The number of hydrogen-bond donors (Lipinski definition) is 3. The monoisotopic (exact) mass is 489 g/mol. The lowest BCUT2D eigenvalue weighted by Gasteiger charge is -2.21. The van der Waals surface area contributed by atoms with E-state index in [4.69, 9.17) is 4.42 Å². The number of phenolic OH excluding ortho intramolecular Hbond substituents is 1. The Morgan fingerprint density at radius 1 is 1.19 bits per heavy atom. The lowest BCUT2D eigenvalue weighted by molar-refractivity contribution is 0.0824. The fourth-order valence-electron chi connectivity index (χ4n) is 3.23. The smallest absolute Gasteiger partial charge is 0.257 e. The summed E-state index contributed by atoms with van der Waals surface area (Å²) >= 11 is 3.46. The number of para-hydroxylation sites is 1. The molecular formula is C22H24BrN3O5. The van der Waals surface area contributed by atoms with Gasteiger partial charge < -0.3 is 25.1 Å². The summed E-state index contributed by atoms with van der Waals surface area (Å²) in [6.07, 6.45) is 1.32. The predicted octanol–water partition coefficient (Wildman–Crippen LogP) is 3.91. The van der Waals surface area contributed by atoms with Gasteiger partial charge in [-0.3, -0.25) is 14.4 Å². The number of aromatic hydroxyl groups is 1. The highest BCUT2D eigenvalue weighted by Crippen LogP contribution is 2.34. The van der Waals surface area contributed by atoms with Crippen LogP contribution in [0.5, 0.6) is 5.75 Å². The molecule has 1 amide bonds. The first-order chi connectivity index (χ1) is 14.7. The molecule has 1 heterocycles. The van der Waals surface area contributed by atoms with E-state index in [-0.39, 0.29) is 40.3 Å². The van der Waals surface area contributed by atoms with Gasteiger partial charge in [-0.25, -0.2) is 0 Å². The van der Waals surface area contributed by atoms with Crippen LogP contribution in [0, 0.1) is 0 Å². The second-order valence-electron chi connectivity index (χ2n) is 7.31. The van der Waals surface area contributed by atoms with Gasteiger partial charge in [0, 0.05) is 20.5 Å². The highest BCUT2D eigenvalue weighted by Gasteiger charge is 2.27. The van der Waals surface area contributed by atoms with Crippen molar-refractivity contribution in [3.8, 4) is 5.75 Å². The van der Waals surface area contributed by atoms with Crippen LogP contribution in [-0.2, 0) is 6.42 Å². The van der Waals surface area contributed by atoms with Crippen molar-refractivity contribution in [3.05, 3.63) is 66.3 Å². The zero-order valence-corrected chi connectivity index (χ0v) is 19.3. The Labute approximate surface area is 187 Å². The zero-order chi connectivity index (χ0) is 22.9. The zero-order valence-electron chi connectivity index (χ0n) is 17.7. The number of carbonyl (C=O) groups is 1. The van der Waals surface area contributed by atoms with Crippen molar-refractivity contribution in [2.24, 2.45) is 0 Å². The number of furan rings is 1. The van der Waals surface area contributed by atoms with Crippen molar-refractivity contribution >= 4 is 38.9 Å². The van der Waals surface area contributed by atoms with Crippen molar-refractivity contribution in [3.63, 3.8) is 0 Å². The molecule has 2 aromatic carbocycles. The quantitative estimate of drug-likeness (QED) is 0.324. The number of nitrogens with one attached hydrogen (secondary N) is 2. The molecular weight excluding hydrogens is 466 g/mol. The Bertz CT molecular complexity index is 1190. The molecule has 31 heavy (non-hydrogen) atoms. The summed E-state index contributed by atoms with van der Waals surface area (Å²) in [6, 6.07) is 6.12. The third kappa shape index (κ3) is 4.23. The molecule has 9 heteroatoms. The fraction of sp³-hybridized carbons (Fsp3) is 0.318. The number of carbonyl (C=O) groups excluding carboxylic acids is 1. The van der Waals surface area contributed by atoms with Crippen molar-refractivity contribution in [2.45, 2.75) is 32.7 Å². The molecule has 1 aromatic heterocycles. The summed E-state index contributed by atoms with van der Waals surface area (Å²) in [5, 5.41) is 16.4. The highest BCUT2D eigenvalue weighted by molar-refractivity contribution is 9.10. The first kappa shape index (κ1) is 22.6. The Morgan fingerprint density at radius 3 is 2.45 bits per heavy atom. The number of benzene rings is 1. The molecule has 164 valence electrons. The number of aryl methyl sites for hydroxylation is 1. The molecule has 3 N–H and O–H groups in total. The van der Waals surface area contributed by atoms with Crippen LogP contribution in [0.25, 0.3) is 0 Å². The number of nitrogens with zero attached hydrogens (tertiary/aromatic N) is 1. The van der Waals surface area contributed by atoms with Crippen LogP contribution < -0.4 is 21.5 Å². The number of phenols is 1. The van der Waals surface area contributed by atoms with Gasteiger partial charge in [0.1, 0.15) is 22.9 Å². The van der Waals surface area contributed by atoms with Gasteiger partial charge >= 0.3 is 0 Å². The number of anilines is 3. The van der Waals surface area contributed by atoms with E-state index in [0.29, 0.717) is 18.6 Å². The Hall–Kier alpha value is -3.07. The molecule has 0 aliphatic rings. The maximum atomic E-state index is 12.2. The van der Waals surface area contributed by atoms with Gasteiger partial charge in [-0.2, -0.15) is 0 Å². The van der Waals surface area contributed by atoms with E-state index >= 15 is 0 Å². The van der Waals surface area contributed by atoms with E-state index < -0.39 is 10.9 Å². The van der Waals surface area contributed by atoms with Gasteiger partial charge in [-0.1, -0.05) is 19.9 Å². The fourth-order valence-corrected chi connectivity index (χ4v) is 3.82. The number of halogens is 1. The van der Waals surface area contributed by atoms with Crippen molar-refractivity contribution in [1.29, 1.82) is 0 Å². The molecule has 0 aliphatic carbocycles. The highest BCUT2D eigenvalue weighted by atomic mass is 79.9. The van der Waals surface area contributed by atoms with E-state index in [9.17, 15) is 19.5 Å². The Kier molecular flexibility index (Phi) is 6.54. The van der Waals surface area contributed by atoms with Gasteiger partial charge in [0.05, 0.1) is 21.8 Å². The van der Waals surface area contributed by atoms with Crippen LogP contribution in [0.15, 0.2) is 42.7 Å². The minimum absolute atomic E-state index is 0.0366. The molecule has 0 saturated carbocycles. The first-order valence-corrected chi connectivity index (χ1v) is 10.7. The van der Waals surface area contributed by atoms with E-state index in [1.54, 1.807) is 20.2 Å². The lowest BCUT2D eigenvalue weighted by atomic mass is 10.1. The summed E-state index contributed by atoms with van der Waals surface area (Å²) in [5.41, 5.74) is -0.953. The standard InChI is InChI=1S/C22H24BrN3O5/c1-5-13(16-10-12(23)15(6-2)31-16)24-17-18(21(29)20(17)28)25-14-9-7-8-11(19(14)27)22(30)26(3)4/h7-10,13,24-25,27H,5-6H2,1-4H3. The van der Waals surface area contributed by atoms with Crippen LogP contribution >= 0.6 is 15.9 Å². The Morgan fingerprint density at radius 2 is 1.87 bits per heavy atom. The van der Waals surface area contributed by atoms with Gasteiger partial charge in [0.25, 0.3) is 16.8 Å². The van der Waals surface area contributed by atoms with Crippen molar-refractivity contribution in [1.82, 2.24) is 4.90 Å². The van der Waals surface area contributed by atoms with Gasteiger partial charge in [0.2, 0.25) is 0 Å². The summed E-state index contributed by atoms with van der Waals surface area (Å²) in [5.74, 6) is 0.762. The van der Waals surface area contributed by atoms with Crippen molar-refractivity contribution < 1.29 is 14.3 Å². The molecule has 1 unspecified atom stereocenters. The summed E-state index contributed by atoms with van der Waals surface area (Å²) in [6.45, 7) is 3.91. The van der Waals surface area contributed by atoms with E-state index in [1.807, 2.05) is 19.9 Å². The van der Waals surface area contributed by atoms with Crippen LogP contribution in [0.4, 0.5) is 17.1 Å². The second kappa shape index (κ2) is 8.97. The number of amides is 1. The molecule has 0 saturated heterocycles. The largest absolute Gasteiger partial charge is 0.505 e. The van der Waals surface area contributed by atoms with Crippen LogP contribution in [-0.4, -0.2) is 30.0 Å². The van der Waals surface area contributed by atoms with Crippen LogP contribution in [0.3, 0.4) is 0 Å². The molecule has 0 fully saturated rings. The number of rotatable bonds is 8. The average molecular weight is 490 g/mol. The summed E-state index contributed by atoms with van der Waals surface area (Å²) in [7, 11) is 3.14.